The number of hydrogen-bond donors (Lipinski definition) is 1. The predicted octanol–water partition coefficient (Wildman–Crippen LogP) is 3.20. The van der Waals surface area contributed by atoms with Crippen molar-refractivity contribution in [1.82, 2.24) is 5.32 Å². The van der Waals surface area contributed by atoms with Crippen LogP contribution in [0.4, 0.5) is 8.78 Å². The normalized spacial score (nSPS) is 33.0. The van der Waals surface area contributed by atoms with E-state index in [1.807, 2.05) is 0 Å². The summed E-state index contributed by atoms with van der Waals surface area (Å²) in [6.07, 6.45) is 1.79. The van der Waals surface area contributed by atoms with Gasteiger partial charge in [0, 0.05) is 0 Å². The molecule has 1 aliphatic rings. The molecule has 0 spiro atoms. The molecule has 14 heavy (non-hydrogen) atoms. The van der Waals surface area contributed by atoms with Gasteiger partial charge in [-0.05, 0) is 38.1 Å². The topological polar surface area (TPSA) is 12.0 Å². The van der Waals surface area contributed by atoms with Gasteiger partial charge in [0.2, 0.25) is 0 Å². The molecule has 3 heteroatoms. The number of hydrogen-bond acceptors (Lipinski definition) is 1. The summed E-state index contributed by atoms with van der Waals surface area (Å²) in [4.78, 5) is 0. The van der Waals surface area contributed by atoms with E-state index < -0.39 is 12.0 Å². The Morgan fingerprint density at radius 1 is 1.07 bits per heavy atom. The Balaban J connectivity index is 2.72. The van der Waals surface area contributed by atoms with E-state index in [0.717, 1.165) is 19.3 Å². The molecule has 0 heterocycles. The van der Waals surface area contributed by atoms with E-state index >= 15 is 0 Å². The second-order valence-electron chi connectivity index (χ2n) is 5.22. The fourth-order valence-corrected chi connectivity index (χ4v) is 2.27. The van der Waals surface area contributed by atoms with Crippen molar-refractivity contribution in [3.05, 3.63) is 0 Å². The molecule has 1 fully saturated rings. The maximum absolute atomic E-state index is 12.9. The van der Waals surface area contributed by atoms with Crippen LogP contribution in [0.5, 0.6) is 0 Å². The zero-order chi connectivity index (χ0) is 10.8. The van der Waals surface area contributed by atoms with Gasteiger partial charge < -0.3 is 5.32 Å². The predicted molar refractivity (Wildman–Crippen MR) is 54.7 cm³/mol. The van der Waals surface area contributed by atoms with Gasteiger partial charge in [-0.2, -0.15) is 0 Å². The zero-order valence-electron chi connectivity index (χ0n) is 9.37. The van der Waals surface area contributed by atoms with E-state index in [9.17, 15) is 8.78 Å². The maximum atomic E-state index is 12.9. The lowest BCUT2D eigenvalue weighted by Gasteiger charge is -2.32. The Morgan fingerprint density at radius 2 is 1.71 bits per heavy atom. The molecule has 1 saturated carbocycles. The van der Waals surface area contributed by atoms with Crippen LogP contribution in [-0.4, -0.2) is 19.0 Å². The molecule has 0 amide bonds. The fraction of sp³-hybridized carbons (Fsp3) is 1.00. The Kier molecular flexibility index (Phi) is 3.51. The monoisotopic (exact) mass is 205 g/mol. The number of rotatable bonds is 2. The van der Waals surface area contributed by atoms with Gasteiger partial charge in [-0.1, -0.05) is 20.3 Å². The minimum Gasteiger partial charge on any atom is -0.309 e. The van der Waals surface area contributed by atoms with E-state index in [-0.39, 0.29) is 5.41 Å². The van der Waals surface area contributed by atoms with E-state index in [1.54, 1.807) is 7.05 Å². The van der Waals surface area contributed by atoms with Gasteiger partial charge in [-0.25, -0.2) is 8.78 Å². The van der Waals surface area contributed by atoms with Crippen LogP contribution in [0.2, 0.25) is 0 Å². The first-order valence-corrected chi connectivity index (χ1v) is 5.39. The fourth-order valence-electron chi connectivity index (χ4n) is 2.27. The van der Waals surface area contributed by atoms with Gasteiger partial charge in [-0.3, -0.25) is 0 Å². The van der Waals surface area contributed by atoms with Crippen LogP contribution in [-0.2, 0) is 0 Å². The minimum atomic E-state index is -2.25. The van der Waals surface area contributed by atoms with Crippen LogP contribution in [0, 0.1) is 5.41 Å². The lowest BCUT2D eigenvalue weighted by Crippen LogP contribution is -2.49. The van der Waals surface area contributed by atoms with Gasteiger partial charge >= 0.3 is 0 Å². The number of halogens is 2. The third kappa shape index (κ3) is 2.44. The van der Waals surface area contributed by atoms with Crippen LogP contribution in [0.3, 0.4) is 0 Å². The van der Waals surface area contributed by atoms with Crippen molar-refractivity contribution in [2.75, 3.05) is 7.05 Å². The van der Waals surface area contributed by atoms with E-state index in [2.05, 4.69) is 19.2 Å². The van der Waals surface area contributed by atoms with Crippen molar-refractivity contribution in [1.29, 1.82) is 0 Å². The molecule has 1 unspecified atom stereocenters. The lowest BCUT2D eigenvalue weighted by molar-refractivity contribution is 0.0231. The molecule has 0 aromatic heterocycles. The highest BCUT2D eigenvalue weighted by Gasteiger charge is 2.41. The Hall–Kier alpha value is -0.180. The molecule has 0 bridgehead atoms. The molecular formula is C11H21F2N. The van der Waals surface area contributed by atoms with Gasteiger partial charge in [0.05, 0.1) is 5.54 Å². The Morgan fingerprint density at radius 3 is 2.21 bits per heavy atom. The summed E-state index contributed by atoms with van der Waals surface area (Å²) in [7, 11) is 1.66. The first kappa shape index (κ1) is 11.9. The van der Waals surface area contributed by atoms with Gasteiger partial charge in [-0.15, -0.1) is 0 Å². The Labute approximate surface area is 85.3 Å². The SMILES string of the molecule is CNC1(C(F)F)CCCC(C)(C)CC1. The first-order valence-electron chi connectivity index (χ1n) is 5.39. The largest absolute Gasteiger partial charge is 0.309 e. The van der Waals surface area contributed by atoms with E-state index in [4.69, 9.17) is 0 Å². The van der Waals surface area contributed by atoms with Gasteiger partial charge in [0.15, 0.2) is 0 Å². The highest BCUT2D eigenvalue weighted by atomic mass is 19.3. The summed E-state index contributed by atoms with van der Waals surface area (Å²) >= 11 is 0. The average molecular weight is 205 g/mol. The van der Waals surface area contributed by atoms with Crippen molar-refractivity contribution in [2.45, 2.75) is 57.9 Å². The highest BCUT2D eigenvalue weighted by molar-refractivity contribution is 4.94. The van der Waals surface area contributed by atoms with Crippen LogP contribution in [0.1, 0.15) is 46.0 Å². The molecule has 1 aliphatic carbocycles. The summed E-state index contributed by atoms with van der Waals surface area (Å²) in [6, 6.07) is 0. The maximum Gasteiger partial charge on any atom is 0.256 e. The standard InChI is InChI=1S/C11H21F2N/c1-10(2)5-4-6-11(14-3,8-7-10)9(12)13/h9,14H,4-8H2,1-3H3. The van der Waals surface area contributed by atoms with Crippen molar-refractivity contribution in [3.8, 4) is 0 Å². The van der Waals surface area contributed by atoms with Crippen molar-refractivity contribution < 1.29 is 8.78 Å². The summed E-state index contributed by atoms with van der Waals surface area (Å²) < 4.78 is 25.9. The molecule has 0 aromatic carbocycles. The summed E-state index contributed by atoms with van der Waals surface area (Å²) in [5, 5.41) is 2.84. The lowest BCUT2D eigenvalue weighted by atomic mass is 9.83. The van der Waals surface area contributed by atoms with Gasteiger partial charge in [0.25, 0.3) is 6.43 Å². The smallest absolute Gasteiger partial charge is 0.256 e. The van der Waals surface area contributed by atoms with Crippen molar-refractivity contribution >= 4 is 0 Å². The average Bonchev–Trinajstić information content (AvgIpc) is 2.25. The molecule has 1 N–H and O–H groups in total. The molecule has 1 rings (SSSR count). The van der Waals surface area contributed by atoms with Crippen LogP contribution in [0.15, 0.2) is 0 Å². The zero-order valence-corrected chi connectivity index (χ0v) is 9.37. The molecule has 0 aromatic rings. The van der Waals surface area contributed by atoms with Crippen LogP contribution in [0.25, 0.3) is 0 Å². The molecule has 0 aliphatic heterocycles. The molecule has 1 nitrogen and oxygen atoms in total. The van der Waals surface area contributed by atoms with Crippen LogP contribution >= 0.6 is 0 Å². The highest BCUT2D eigenvalue weighted by Crippen LogP contribution is 2.40. The summed E-state index contributed by atoms with van der Waals surface area (Å²) in [6.45, 7) is 4.34. The second-order valence-corrected chi connectivity index (χ2v) is 5.22. The van der Waals surface area contributed by atoms with Gasteiger partial charge in [0.1, 0.15) is 0 Å². The third-order valence-electron chi connectivity index (χ3n) is 3.64. The third-order valence-corrected chi connectivity index (χ3v) is 3.64. The summed E-state index contributed by atoms with van der Waals surface area (Å²) in [5.74, 6) is 0. The molecule has 0 saturated heterocycles. The minimum absolute atomic E-state index is 0.230. The second kappa shape index (κ2) is 4.13. The molecule has 0 radical (unpaired) electrons. The molecular weight excluding hydrogens is 184 g/mol. The van der Waals surface area contributed by atoms with Crippen molar-refractivity contribution in [2.24, 2.45) is 5.41 Å². The number of nitrogens with one attached hydrogen (secondary N) is 1. The van der Waals surface area contributed by atoms with E-state index in [0.29, 0.717) is 12.8 Å². The summed E-state index contributed by atoms with van der Waals surface area (Å²) in [5.41, 5.74) is -0.693. The van der Waals surface area contributed by atoms with Crippen LogP contribution < -0.4 is 5.32 Å². The molecule has 1 atom stereocenters. The quantitative estimate of drug-likeness (QED) is 0.683. The Bertz CT molecular complexity index is 192. The van der Waals surface area contributed by atoms with E-state index in [1.165, 1.54) is 0 Å². The molecule has 84 valence electrons. The number of alkyl halides is 2. The first-order chi connectivity index (χ1) is 6.42. The van der Waals surface area contributed by atoms with Crippen molar-refractivity contribution in [3.63, 3.8) is 0 Å².